The van der Waals surface area contributed by atoms with Gasteiger partial charge in [-0.25, -0.2) is 4.98 Å². The lowest BCUT2D eigenvalue weighted by Crippen LogP contribution is -2.18. The van der Waals surface area contributed by atoms with Gasteiger partial charge in [0, 0.05) is 17.8 Å². The number of halogens is 2. The van der Waals surface area contributed by atoms with E-state index in [1.165, 1.54) is 18.2 Å². The fourth-order valence-electron chi connectivity index (χ4n) is 4.69. The molecule has 1 aliphatic carbocycles. The van der Waals surface area contributed by atoms with Crippen molar-refractivity contribution >= 4 is 28.5 Å². The Balaban J connectivity index is 1.39. The number of para-hydroxylation sites is 2. The topological polar surface area (TPSA) is 69.8 Å². The molecular weight excluding hydrogens is 470 g/mol. The predicted octanol–water partition coefficient (Wildman–Crippen LogP) is 6.44. The van der Waals surface area contributed by atoms with Crippen molar-refractivity contribution < 1.29 is 13.5 Å². The zero-order valence-corrected chi connectivity index (χ0v) is 20.3. The molecule has 7 nitrogen and oxygen atoms in total. The lowest BCUT2D eigenvalue weighted by atomic mass is 9.95. The lowest BCUT2D eigenvalue weighted by Gasteiger charge is -2.25. The minimum absolute atomic E-state index is 0.285. The Bertz CT molecular complexity index is 1280. The number of ether oxygens (including phenoxy) is 1. The largest absolute Gasteiger partial charge is 0.497 e. The first-order valence-electron chi connectivity index (χ1n) is 11.8. The number of imidazole rings is 1. The molecular formula is C25H28F2N6OS. The van der Waals surface area contributed by atoms with Gasteiger partial charge in [-0.05, 0) is 37.1 Å². The zero-order valence-electron chi connectivity index (χ0n) is 19.5. The first-order valence-corrected chi connectivity index (χ1v) is 12.8. The monoisotopic (exact) mass is 498 g/mol. The van der Waals surface area contributed by atoms with Crippen molar-refractivity contribution in [3.63, 3.8) is 0 Å². The molecule has 0 atom stereocenters. The number of alkyl halides is 2. The highest BCUT2D eigenvalue weighted by molar-refractivity contribution is 7.98. The van der Waals surface area contributed by atoms with Crippen molar-refractivity contribution in [2.75, 3.05) is 12.4 Å². The number of rotatable bonds is 9. The second-order valence-corrected chi connectivity index (χ2v) is 9.54. The van der Waals surface area contributed by atoms with Crippen LogP contribution in [-0.4, -0.2) is 31.4 Å². The van der Waals surface area contributed by atoms with Crippen LogP contribution in [0.25, 0.3) is 11.0 Å². The van der Waals surface area contributed by atoms with E-state index in [-0.39, 0.29) is 5.75 Å². The summed E-state index contributed by atoms with van der Waals surface area (Å²) in [5.41, 5.74) is 1.94. The Morgan fingerprint density at radius 3 is 2.69 bits per heavy atom. The first kappa shape index (κ1) is 23.6. The van der Waals surface area contributed by atoms with Crippen LogP contribution >= 0.6 is 11.8 Å². The summed E-state index contributed by atoms with van der Waals surface area (Å²) < 4.78 is 36.3. The maximum atomic E-state index is 13.9. The van der Waals surface area contributed by atoms with Gasteiger partial charge in [0.2, 0.25) is 0 Å². The molecule has 10 heteroatoms. The van der Waals surface area contributed by atoms with Crippen LogP contribution in [0.3, 0.4) is 0 Å². The predicted molar refractivity (Wildman–Crippen MR) is 133 cm³/mol. The number of nitrogens with zero attached hydrogens (tertiary/aromatic N) is 5. The average Bonchev–Trinajstić information content (AvgIpc) is 3.47. The maximum absolute atomic E-state index is 13.9. The van der Waals surface area contributed by atoms with E-state index in [9.17, 15) is 8.78 Å². The van der Waals surface area contributed by atoms with Crippen LogP contribution in [0.5, 0.6) is 5.75 Å². The molecule has 0 unspecified atom stereocenters. The van der Waals surface area contributed by atoms with Gasteiger partial charge < -0.3 is 14.6 Å². The summed E-state index contributed by atoms with van der Waals surface area (Å²) in [6, 6.07) is 15.0. The summed E-state index contributed by atoms with van der Waals surface area (Å²) in [6.45, 7) is -2.15. The van der Waals surface area contributed by atoms with Crippen LogP contribution in [0.2, 0.25) is 0 Å². The van der Waals surface area contributed by atoms with Gasteiger partial charge in [0.05, 0.1) is 30.4 Å². The van der Waals surface area contributed by atoms with E-state index in [0.717, 1.165) is 52.7 Å². The Morgan fingerprint density at radius 1 is 1.06 bits per heavy atom. The van der Waals surface area contributed by atoms with Crippen molar-refractivity contribution in [1.82, 2.24) is 24.3 Å². The highest BCUT2D eigenvalue weighted by atomic mass is 32.2. The number of fused-ring (bicyclic) bond motifs is 1. The molecule has 1 saturated carbocycles. The van der Waals surface area contributed by atoms with Gasteiger partial charge in [-0.15, -0.1) is 10.2 Å². The molecule has 2 heterocycles. The minimum Gasteiger partial charge on any atom is -0.497 e. The molecule has 0 aliphatic heterocycles. The minimum atomic E-state index is -2.66. The molecule has 0 radical (unpaired) electrons. The first-order chi connectivity index (χ1) is 17.1. The van der Waals surface area contributed by atoms with Crippen LogP contribution in [0.1, 0.15) is 56.3 Å². The lowest BCUT2D eigenvalue weighted by molar-refractivity contribution is 0.0722. The number of hydrogen-bond donors (Lipinski definition) is 1. The van der Waals surface area contributed by atoms with E-state index in [1.54, 1.807) is 25.3 Å². The normalized spacial score (nSPS) is 14.6. The van der Waals surface area contributed by atoms with Gasteiger partial charge in [0.25, 0.3) is 0 Å². The van der Waals surface area contributed by atoms with E-state index < -0.39 is 6.55 Å². The highest BCUT2D eigenvalue weighted by Gasteiger charge is 2.24. The van der Waals surface area contributed by atoms with Gasteiger partial charge in [0.1, 0.15) is 11.6 Å². The number of anilines is 1. The van der Waals surface area contributed by atoms with E-state index in [4.69, 9.17) is 4.74 Å². The summed E-state index contributed by atoms with van der Waals surface area (Å²) in [5.74, 6) is 2.24. The number of methoxy groups -OCH3 is 1. The van der Waals surface area contributed by atoms with Crippen molar-refractivity contribution in [1.29, 1.82) is 0 Å². The molecule has 2 aromatic heterocycles. The quantitative estimate of drug-likeness (QED) is 0.268. The maximum Gasteiger partial charge on any atom is 0.320 e. The highest BCUT2D eigenvalue weighted by Crippen LogP contribution is 2.35. The van der Waals surface area contributed by atoms with Crippen molar-refractivity contribution in [2.24, 2.45) is 0 Å². The van der Waals surface area contributed by atoms with Crippen LogP contribution in [0.15, 0.2) is 53.7 Å². The van der Waals surface area contributed by atoms with Gasteiger partial charge in [-0.1, -0.05) is 49.2 Å². The number of thioether (sulfide) groups is 1. The molecule has 1 aliphatic rings. The molecule has 2 aromatic carbocycles. The van der Waals surface area contributed by atoms with Crippen LogP contribution in [0.4, 0.5) is 14.5 Å². The molecule has 0 amide bonds. The van der Waals surface area contributed by atoms with Gasteiger partial charge >= 0.3 is 6.55 Å². The number of aromatic nitrogens is 5. The van der Waals surface area contributed by atoms with Crippen LogP contribution in [-0.2, 0) is 12.3 Å². The summed E-state index contributed by atoms with van der Waals surface area (Å²) in [4.78, 5) is 4.47. The van der Waals surface area contributed by atoms with Gasteiger partial charge in [-0.2, -0.15) is 8.78 Å². The van der Waals surface area contributed by atoms with Gasteiger partial charge in [-0.3, -0.25) is 4.57 Å². The number of nitrogens with one attached hydrogen (secondary N) is 1. The standard InChI is InChI=1S/C25H28F2N6OS/c1-34-19-11-7-8-17(14-19)28-15-22-30-31-25(32(22)18-9-3-2-4-10-18)35-16-23-29-20-12-5-6-13-21(20)33(23)24(26)27/h5-8,11-14,18,24,28H,2-4,9-10,15-16H2,1H3. The molecule has 4 aromatic rings. The Kier molecular flexibility index (Phi) is 7.17. The zero-order chi connectivity index (χ0) is 24.2. The van der Waals surface area contributed by atoms with E-state index in [0.29, 0.717) is 29.4 Å². The summed E-state index contributed by atoms with van der Waals surface area (Å²) in [7, 11) is 1.64. The summed E-state index contributed by atoms with van der Waals surface area (Å²) in [5, 5.41) is 13.1. The fourth-order valence-corrected chi connectivity index (χ4v) is 5.64. The van der Waals surface area contributed by atoms with E-state index >= 15 is 0 Å². The van der Waals surface area contributed by atoms with E-state index in [1.807, 2.05) is 30.3 Å². The smallest absolute Gasteiger partial charge is 0.320 e. The van der Waals surface area contributed by atoms with Crippen LogP contribution < -0.4 is 10.1 Å². The summed E-state index contributed by atoms with van der Waals surface area (Å²) >= 11 is 1.41. The molecule has 0 bridgehead atoms. The molecule has 5 rings (SSSR count). The third-order valence-electron chi connectivity index (χ3n) is 6.39. The second-order valence-electron chi connectivity index (χ2n) is 8.60. The third-order valence-corrected chi connectivity index (χ3v) is 7.33. The Labute approximate surface area is 206 Å². The third kappa shape index (κ3) is 5.12. The second kappa shape index (κ2) is 10.6. The summed E-state index contributed by atoms with van der Waals surface area (Å²) in [6.07, 6.45) is 5.69. The number of benzene rings is 2. The van der Waals surface area contributed by atoms with Crippen molar-refractivity contribution in [3.05, 3.63) is 60.2 Å². The molecule has 184 valence electrons. The molecule has 1 fully saturated rings. The molecule has 35 heavy (non-hydrogen) atoms. The van der Waals surface area contributed by atoms with Crippen molar-refractivity contribution in [3.8, 4) is 5.75 Å². The van der Waals surface area contributed by atoms with Crippen LogP contribution in [0, 0.1) is 0 Å². The van der Waals surface area contributed by atoms with Crippen molar-refractivity contribution in [2.45, 2.75) is 62.1 Å². The SMILES string of the molecule is COc1cccc(NCc2nnc(SCc3nc4ccccc4n3C(F)F)n2C2CCCCC2)c1. The molecule has 0 spiro atoms. The Hall–Kier alpha value is -3.14. The number of hydrogen-bond acceptors (Lipinski definition) is 6. The fraction of sp³-hybridized carbons (Fsp3) is 0.400. The molecule has 0 saturated heterocycles. The Morgan fingerprint density at radius 2 is 1.89 bits per heavy atom. The van der Waals surface area contributed by atoms with E-state index in [2.05, 4.69) is 25.1 Å². The van der Waals surface area contributed by atoms with Gasteiger partial charge in [0.15, 0.2) is 11.0 Å². The molecule has 1 N–H and O–H groups in total. The average molecular weight is 499 g/mol.